The monoisotopic (exact) mass is 289 g/mol. The molecule has 1 N–H and O–H groups in total. The Morgan fingerprint density at radius 2 is 2.11 bits per heavy atom. The number of carbonyl (C=O) groups is 1. The van der Waals surface area contributed by atoms with Gasteiger partial charge in [-0.05, 0) is 46.1 Å². The topological polar surface area (TPSA) is 45.2 Å². The van der Waals surface area contributed by atoms with Gasteiger partial charge in [0, 0.05) is 6.04 Å². The SMILES string of the molecule is CC(CCN(C)C)NC(=O)c1nc(Cl)ccc1Cl. The molecule has 4 nitrogen and oxygen atoms in total. The lowest BCUT2D eigenvalue weighted by Crippen LogP contribution is -2.35. The standard InChI is InChI=1S/C12H17Cl2N3O/c1-8(6-7-17(2)3)15-12(18)11-9(13)4-5-10(14)16-11/h4-5,8H,6-7H2,1-3H3,(H,15,18). The first-order chi connectivity index (χ1) is 8.40. The van der Waals surface area contributed by atoms with E-state index in [-0.39, 0.29) is 22.8 Å². The maximum atomic E-state index is 11.9. The molecule has 1 atom stereocenters. The normalized spacial score (nSPS) is 12.6. The van der Waals surface area contributed by atoms with Crippen LogP contribution in [0, 0.1) is 0 Å². The molecule has 100 valence electrons. The van der Waals surface area contributed by atoms with Crippen LogP contribution in [0.4, 0.5) is 0 Å². The molecule has 18 heavy (non-hydrogen) atoms. The molecule has 1 aromatic rings. The van der Waals surface area contributed by atoms with Crippen molar-refractivity contribution < 1.29 is 4.79 Å². The minimum atomic E-state index is -0.297. The van der Waals surface area contributed by atoms with Crippen molar-refractivity contribution in [3.05, 3.63) is 28.0 Å². The summed E-state index contributed by atoms with van der Waals surface area (Å²) in [4.78, 5) is 17.9. The van der Waals surface area contributed by atoms with Crippen molar-refractivity contribution in [1.82, 2.24) is 15.2 Å². The molecule has 0 saturated heterocycles. The number of rotatable bonds is 5. The second kappa shape index (κ2) is 6.92. The van der Waals surface area contributed by atoms with Gasteiger partial charge >= 0.3 is 0 Å². The van der Waals surface area contributed by atoms with Crippen molar-refractivity contribution >= 4 is 29.1 Å². The molecule has 0 fully saturated rings. The molecular weight excluding hydrogens is 273 g/mol. The predicted molar refractivity (Wildman–Crippen MR) is 74.4 cm³/mol. The first kappa shape index (κ1) is 15.2. The first-order valence-electron chi connectivity index (χ1n) is 5.67. The van der Waals surface area contributed by atoms with Crippen molar-refractivity contribution in [3.8, 4) is 0 Å². The van der Waals surface area contributed by atoms with Crippen molar-refractivity contribution in [2.45, 2.75) is 19.4 Å². The van der Waals surface area contributed by atoms with Crippen LogP contribution in [0.15, 0.2) is 12.1 Å². The number of nitrogens with one attached hydrogen (secondary N) is 1. The lowest BCUT2D eigenvalue weighted by molar-refractivity contribution is 0.0932. The Bertz CT molecular complexity index is 424. The Hall–Kier alpha value is -0.840. The highest BCUT2D eigenvalue weighted by Gasteiger charge is 2.15. The molecule has 0 aliphatic carbocycles. The lowest BCUT2D eigenvalue weighted by atomic mass is 10.2. The molecule has 0 bridgehead atoms. The lowest BCUT2D eigenvalue weighted by Gasteiger charge is -2.16. The van der Waals surface area contributed by atoms with Gasteiger partial charge in [-0.2, -0.15) is 0 Å². The van der Waals surface area contributed by atoms with Gasteiger partial charge in [0.1, 0.15) is 10.8 Å². The Morgan fingerprint density at radius 3 is 2.72 bits per heavy atom. The molecular formula is C12H17Cl2N3O. The third kappa shape index (κ3) is 4.80. The van der Waals surface area contributed by atoms with Crippen molar-refractivity contribution in [3.63, 3.8) is 0 Å². The molecule has 1 unspecified atom stereocenters. The third-order valence-corrected chi connectivity index (χ3v) is 2.93. The van der Waals surface area contributed by atoms with E-state index in [4.69, 9.17) is 23.2 Å². The number of hydrogen-bond donors (Lipinski definition) is 1. The van der Waals surface area contributed by atoms with Crippen molar-refractivity contribution in [2.24, 2.45) is 0 Å². The molecule has 0 aliphatic rings. The molecule has 1 rings (SSSR count). The summed E-state index contributed by atoms with van der Waals surface area (Å²) in [6, 6.07) is 3.17. The average molecular weight is 290 g/mol. The quantitative estimate of drug-likeness (QED) is 0.847. The molecule has 0 aliphatic heterocycles. The van der Waals surface area contributed by atoms with E-state index < -0.39 is 0 Å². The van der Waals surface area contributed by atoms with Crippen LogP contribution in [-0.2, 0) is 0 Å². The van der Waals surface area contributed by atoms with Gasteiger partial charge in [-0.3, -0.25) is 4.79 Å². The smallest absolute Gasteiger partial charge is 0.271 e. The Labute approximate surface area is 117 Å². The van der Waals surface area contributed by atoms with Crippen LogP contribution in [0.3, 0.4) is 0 Å². The zero-order valence-electron chi connectivity index (χ0n) is 10.7. The summed E-state index contributed by atoms with van der Waals surface area (Å²) in [7, 11) is 3.98. The summed E-state index contributed by atoms with van der Waals surface area (Å²) < 4.78 is 0. The van der Waals surface area contributed by atoms with Gasteiger partial charge in [0.25, 0.3) is 5.91 Å². The fraction of sp³-hybridized carbons (Fsp3) is 0.500. The number of amides is 1. The average Bonchev–Trinajstić information content (AvgIpc) is 2.29. The Balaban J connectivity index is 2.62. The number of hydrogen-bond acceptors (Lipinski definition) is 3. The maximum Gasteiger partial charge on any atom is 0.271 e. The van der Waals surface area contributed by atoms with Gasteiger partial charge < -0.3 is 10.2 Å². The van der Waals surface area contributed by atoms with E-state index in [1.807, 2.05) is 21.0 Å². The number of nitrogens with zero attached hydrogens (tertiary/aromatic N) is 2. The fourth-order valence-corrected chi connectivity index (χ4v) is 1.73. The van der Waals surface area contributed by atoms with Gasteiger partial charge in [-0.25, -0.2) is 4.98 Å². The van der Waals surface area contributed by atoms with Gasteiger partial charge in [0.15, 0.2) is 0 Å². The first-order valence-corrected chi connectivity index (χ1v) is 6.43. The highest BCUT2D eigenvalue weighted by Crippen LogP contribution is 2.16. The van der Waals surface area contributed by atoms with Crippen LogP contribution in [0.2, 0.25) is 10.2 Å². The predicted octanol–water partition coefficient (Wildman–Crippen LogP) is 2.46. The highest BCUT2D eigenvalue weighted by atomic mass is 35.5. The van der Waals surface area contributed by atoms with Crippen molar-refractivity contribution in [2.75, 3.05) is 20.6 Å². The minimum absolute atomic E-state index is 0.0525. The second-order valence-electron chi connectivity index (χ2n) is 4.43. The van der Waals surface area contributed by atoms with Crippen LogP contribution in [0.25, 0.3) is 0 Å². The minimum Gasteiger partial charge on any atom is -0.348 e. The number of carbonyl (C=O) groups excluding carboxylic acids is 1. The van der Waals surface area contributed by atoms with Gasteiger partial charge in [0.2, 0.25) is 0 Å². The summed E-state index contributed by atoms with van der Waals surface area (Å²) in [5.74, 6) is -0.297. The molecule has 0 radical (unpaired) electrons. The third-order valence-electron chi connectivity index (χ3n) is 2.41. The van der Waals surface area contributed by atoms with E-state index in [1.54, 1.807) is 12.1 Å². The molecule has 0 aromatic carbocycles. The van der Waals surface area contributed by atoms with E-state index in [2.05, 4.69) is 15.2 Å². The summed E-state index contributed by atoms with van der Waals surface area (Å²) in [5.41, 5.74) is 0.167. The summed E-state index contributed by atoms with van der Waals surface area (Å²) in [6.07, 6.45) is 0.858. The van der Waals surface area contributed by atoms with Crippen LogP contribution in [-0.4, -0.2) is 42.5 Å². The zero-order chi connectivity index (χ0) is 13.7. The number of aromatic nitrogens is 1. The Kier molecular flexibility index (Phi) is 5.85. The molecule has 0 spiro atoms. The van der Waals surface area contributed by atoms with E-state index in [1.165, 1.54) is 0 Å². The number of halogens is 2. The van der Waals surface area contributed by atoms with E-state index in [9.17, 15) is 4.79 Å². The van der Waals surface area contributed by atoms with Gasteiger partial charge in [-0.1, -0.05) is 23.2 Å². The van der Waals surface area contributed by atoms with Crippen LogP contribution in [0.5, 0.6) is 0 Å². The van der Waals surface area contributed by atoms with Crippen LogP contribution in [0.1, 0.15) is 23.8 Å². The maximum absolute atomic E-state index is 11.9. The van der Waals surface area contributed by atoms with Crippen molar-refractivity contribution in [1.29, 1.82) is 0 Å². The second-order valence-corrected chi connectivity index (χ2v) is 5.23. The Morgan fingerprint density at radius 1 is 1.44 bits per heavy atom. The van der Waals surface area contributed by atoms with Crippen LogP contribution >= 0.6 is 23.2 Å². The molecule has 1 aromatic heterocycles. The van der Waals surface area contributed by atoms with E-state index >= 15 is 0 Å². The van der Waals surface area contributed by atoms with Gasteiger partial charge in [0.05, 0.1) is 5.02 Å². The van der Waals surface area contributed by atoms with E-state index in [0.29, 0.717) is 5.02 Å². The fourth-order valence-electron chi connectivity index (χ4n) is 1.39. The molecule has 0 saturated carbocycles. The largest absolute Gasteiger partial charge is 0.348 e. The molecule has 1 heterocycles. The van der Waals surface area contributed by atoms with E-state index in [0.717, 1.165) is 13.0 Å². The number of pyridine rings is 1. The summed E-state index contributed by atoms with van der Waals surface area (Å²) in [6.45, 7) is 2.85. The highest BCUT2D eigenvalue weighted by molar-refractivity contribution is 6.34. The zero-order valence-corrected chi connectivity index (χ0v) is 12.2. The summed E-state index contributed by atoms with van der Waals surface area (Å²) >= 11 is 11.7. The van der Waals surface area contributed by atoms with Gasteiger partial charge in [-0.15, -0.1) is 0 Å². The van der Waals surface area contributed by atoms with Crippen LogP contribution < -0.4 is 5.32 Å². The summed E-state index contributed by atoms with van der Waals surface area (Å²) in [5, 5.41) is 3.41. The molecule has 1 amide bonds. The molecule has 6 heteroatoms.